The van der Waals surface area contributed by atoms with Crippen molar-refractivity contribution in [3.8, 4) is 0 Å². The van der Waals surface area contributed by atoms with Crippen LogP contribution in [0, 0.1) is 5.41 Å². The summed E-state index contributed by atoms with van der Waals surface area (Å²) in [6.07, 6.45) is 2.12. The minimum atomic E-state index is -3.64. The number of hydrogen-bond acceptors (Lipinski definition) is 5. The second-order valence-electron chi connectivity index (χ2n) is 7.56. The van der Waals surface area contributed by atoms with Crippen molar-refractivity contribution in [1.29, 1.82) is 0 Å². The van der Waals surface area contributed by atoms with Crippen LogP contribution in [-0.4, -0.2) is 62.6 Å². The van der Waals surface area contributed by atoms with E-state index in [4.69, 9.17) is 0 Å². The first-order valence-corrected chi connectivity index (χ1v) is 10.5. The number of piperidine rings is 1. The molecule has 0 aliphatic carbocycles. The summed E-state index contributed by atoms with van der Waals surface area (Å²) in [6, 6.07) is 6.31. The fourth-order valence-electron chi connectivity index (χ4n) is 3.42. The van der Waals surface area contributed by atoms with E-state index in [1.807, 2.05) is 6.92 Å². The quantitative estimate of drug-likeness (QED) is 0.692. The van der Waals surface area contributed by atoms with Crippen LogP contribution in [0.5, 0.6) is 0 Å². The molecule has 0 aromatic heterocycles. The molecule has 1 atom stereocenters. The zero-order chi connectivity index (χ0) is 18.8. The lowest BCUT2D eigenvalue weighted by molar-refractivity contribution is 0.0853. The molecule has 1 aromatic rings. The topological polar surface area (TPSA) is 98.7 Å². The van der Waals surface area contributed by atoms with Gasteiger partial charge in [-0.05, 0) is 49.4 Å². The van der Waals surface area contributed by atoms with Gasteiger partial charge in [0.15, 0.2) is 0 Å². The molecule has 2 heterocycles. The third kappa shape index (κ3) is 4.09. The molecule has 3 N–H and O–H groups in total. The molecule has 8 heteroatoms. The Bertz CT molecular complexity index is 751. The molecule has 0 radical (unpaired) electrons. The zero-order valence-corrected chi connectivity index (χ0v) is 15.9. The van der Waals surface area contributed by atoms with E-state index in [1.165, 1.54) is 16.4 Å². The molecule has 0 spiro atoms. The molecule has 2 aliphatic heterocycles. The van der Waals surface area contributed by atoms with Crippen molar-refractivity contribution in [3.05, 3.63) is 29.8 Å². The van der Waals surface area contributed by atoms with Gasteiger partial charge in [0, 0.05) is 37.8 Å². The Kier molecular flexibility index (Phi) is 5.67. The lowest BCUT2D eigenvalue weighted by Gasteiger charge is -2.37. The largest absolute Gasteiger partial charge is 0.396 e. The third-order valence-corrected chi connectivity index (χ3v) is 7.34. The van der Waals surface area contributed by atoms with Crippen LogP contribution < -0.4 is 10.6 Å². The van der Waals surface area contributed by atoms with Gasteiger partial charge in [-0.2, -0.15) is 4.31 Å². The zero-order valence-electron chi connectivity index (χ0n) is 15.1. The molecule has 1 aromatic carbocycles. The predicted octanol–water partition coefficient (Wildman–Crippen LogP) is 0.561. The molecule has 1 amide bonds. The van der Waals surface area contributed by atoms with Crippen LogP contribution in [-0.2, 0) is 10.0 Å². The minimum absolute atomic E-state index is 0.0621. The van der Waals surface area contributed by atoms with Gasteiger partial charge >= 0.3 is 0 Å². The predicted molar refractivity (Wildman–Crippen MR) is 98.4 cm³/mol. The van der Waals surface area contributed by atoms with Crippen LogP contribution in [0.2, 0.25) is 0 Å². The normalized spacial score (nSPS) is 23.7. The average Bonchev–Trinajstić information content (AvgIpc) is 3.15. The number of aliphatic hydroxyl groups excluding tert-OH is 1. The van der Waals surface area contributed by atoms with Gasteiger partial charge in [0.1, 0.15) is 0 Å². The van der Waals surface area contributed by atoms with Crippen molar-refractivity contribution < 1.29 is 18.3 Å². The fourth-order valence-corrected chi connectivity index (χ4v) is 4.91. The van der Waals surface area contributed by atoms with E-state index in [0.717, 1.165) is 19.5 Å². The maximum atomic E-state index is 12.9. The minimum Gasteiger partial charge on any atom is -0.396 e. The number of nitrogens with zero attached hydrogens (tertiary/aromatic N) is 1. The maximum absolute atomic E-state index is 12.9. The van der Waals surface area contributed by atoms with Crippen molar-refractivity contribution in [1.82, 2.24) is 14.9 Å². The van der Waals surface area contributed by atoms with Gasteiger partial charge in [0.05, 0.1) is 4.90 Å². The van der Waals surface area contributed by atoms with Gasteiger partial charge in [-0.3, -0.25) is 4.79 Å². The summed E-state index contributed by atoms with van der Waals surface area (Å²) in [4.78, 5) is 12.5. The lowest BCUT2D eigenvalue weighted by Crippen LogP contribution is -2.43. The number of sulfonamides is 1. The Labute approximate surface area is 154 Å². The van der Waals surface area contributed by atoms with Crippen LogP contribution in [0.1, 0.15) is 36.5 Å². The van der Waals surface area contributed by atoms with Crippen LogP contribution in [0.4, 0.5) is 0 Å². The van der Waals surface area contributed by atoms with Crippen LogP contribution in [0.25, 0.3) is 0 Å². The summed E-state index contributed by atoms with van der Waals surface area (Å²) in [5.74, 6) is -0.248. The summed E-state index contributed by atoms with van der Waals surface area (Å²) >= 11 is 0. The van der Waals surface area contributed by atoms with E-state index < -0.39 is 10.0 Å². The number of rotatable bonds is 5. The number of amides is 1. The summed E-state index contributed by atoms with van der Waals surface area (Å²) in [6.45, 7) is 4.40. The molecule has 0 saturated carbocycles. The smallest absolute Gasteiger partial charge is 0.251 e. The van der Waals surface area contributed by atoms with Crippen molar-refractivity contribution in [2.75, 3.05) is 32.8 Å². The second kappa shape index (κ2) is 7.64. The Balaban J connectivity index is 1.73. The third-order valence-electron chi connectivity index (χ3n) is 5.44. The van der Waals surface area contributed by atoms with E-state index in [2.05, 4.69) is 10.6 Å². The van der Waals surface area contributed by atoms with E-state index in [9.17, 15) is 18.3 Å². The van der Waals surface area contributed by atoms with Gasteiger partial charge < -0.3 is 15.7 Å². The van der Waals surface area contributed by atoms with Crippen molar-refractivity contribution in [3.63, 3.8) is 0 Å². The monoisotopic (exact) mass is 381 g/mol. The van der Waals surface area contributed by atoms with Gasteiger partial charge in [0.2, 0.25) is 10.0 Å². The highest BCUT2D eigenvalue weighted by atomic mass is 32.2. The highest BCUT2D eigenvalue weighted by Gasteiger charge is 2.35. The second-order valence-corrected chi connectivity index (χ2v) is 9.50. The van der Waals surface area contributed by atoms with Crippen LogP contribution >= 0.6 is 0 Å². The molecular formula is C18H27N3O4S. The molecular weight excluding hydrogens is 354 g/mol. The van der Waals surface area contributed by atoms with Gasteiger partial charge in [-0.25, -0.2) is 8.42 Å². The summed E-state index contributed by atoms with van der Waals surface area (Å²) < 4.78 is 27.3. The fraction of sp³-hybridized carbons (Fsp3) is 0.611. The van der Waals surface area contributed by atoms with Gasteiger partial charge in [0.25, 0.3) is 5.91 Å². The summed E-state index contributed by atoms with van der Waals surface area (Å²) in [5.41, 5.74) is 0.137. The van der Waals surface area contributed by atoms with Gasteiger partial charge in [-0.1, -0.05) is 13.0 Å². The van der Waals surface area contributed by atoms with Crippen LogP contribution in [0.15, 0.2) is 29.2 Å². The first kappa shape index (κ1) is 19.3. The van der Waals surface area contributed by atoms with E-state index in [0.29, 0.717) is 31.5 Å². The van der Waals surface area contributed by atoms with E-state index in [-0.39, 0.29) is 28.9 Å². The Morgan fingerprint density at radius 1 is 1.38 bits per heavy atom. The van der Waals surface area contributed by atoms with Crippen molar-refractivity contribution in [2.45, 2.75) is 37.1 Å². The molecule has 26 heavy (non-hydrogen) atoms. The SMILES string of the molecule is CC1(CO)CCN(S(=O)(=O)c2cccc(C(=O)N[C@@H]3CCNC3)c2)CC1. The molecule has 2 fully saturated rings. The molecule has 7 nitrogen and oxygen atoms in total. The van der Waals surface area contributed by atoms with Crippen molar-refractivity contribution in [2.24, 2.45) is 5.41 Å². The number of benzene rings is 1. The number of aliphatic hydroxyl groups is 1. The number of hydrogen-bond donors (Lipinski definition) is 3. The van der Waals surface area contributed by atoms with E-state index >= 15 is 0 Å². The Morgan fingerprint density at radius 3 is 2.73 bits per heavy atom. The molecule has 3 rings (SSSR count). The Hall–Kier alpha value is -1.48. The summed E-state index contributed by atoms with van der Waals surface area (Å²) in [5, 5.41) is 15.6. The average molecular weight is 381 g/mol. The summed E-state index contributed by atoms with van der Waals surface area (Å²) in [7, 11) is -3.64. The number of carbonyl (C=O) groups excluding carboxylic acids is 1. The highest BCUT2D eigenvalue weighted by Crippen LogP contribution is 2.32. The molecule has 0 bridgehead atoms. The maximum Gasteiger partial charge on any atom is 0.251 e. The molecule has 2 aliphatic rings. The first-order valence-electron chi connectivity index (χ1n) is 9.07. The molecule has 0 unspecified atom stereocenters. The highest BCUT2D eigenvalue weighted by molar-refractivity contribution is 7.89. The lowest BCUT2D eigenvalue weighted by atomic mass is 9.82. The Morgan fingerprint density at radius 2 is 2.12 bits per heavy atom. The van der Waals surface area contributed by atoms with Crippen molar-refractivity contribution >= 4 is 15.9 Å². The number of carbonyl (C=O) groups is 1. The standard InChI is InChI=1S/C18H27N3O4S/c1-18(13-22)6-9-21(10-7-18)26(24,25)16-4-2-3-14(11-16)17(23)20-15-5-8-19-12-15/h2-4,11,15,19,22H,5-10,12-13H2,1H3,(H,20,23)/t15-/m1/s1. The first-order chi connectivity index (χ1) is 12.3. The van der Waals surface area contributed by atoms with Gasteiger partial charge in [-0.15, -0.1) is 0 Å². The van der Waals surface area contributed by atoms with Crippen LogP contribution in [0.3, 0.4) is 0 Å². The molecule has 144 valence electrons. The van der Waals surface area contributed by atoms with E-state index in [1.54, 1.807) is 12.1 Å². The number of nitrogens with one attached hydrogen (secondary N) is 2. The molecule has 2 saturated heterocycles.